The van der Waals surface area contributed by atoms with Gasteiger partial charge in [0, 0.05) is 25.7 Å². The van der Waals surface area contributed by atoms with Gasteiger partial charge >= 0.3 is 5.97 Å². The molecule has 3 fully saturated rings. The van der Waals surface area contributed by atoms with Crippen LogP contribution >= 0.6 is 0 Å². The van der Waals surface area contributed by atoms with Crippen molar-refractivity contribution in [2.75, 3.05) is 26.2 Å². The molecule has 2 aliphatic heterocycles. The molecular weight excluding hydrogens is 340 g/mol. The zero-order chi connectivity index (χ0) is 18.9. The normalized spacial score (nSPS) is 31.1. The van der Waals surface area contributed by atoms with Crippen molar-refractivity contribution in [3.05, 3.63) is 35.9 Å². The monoisotopic (exact) mass is 372 g/mol. The summed E-state index contributed by atoms with van der Waals surface area (Å²) in [4.78, 5) is 17.0. The molecule has 5 heteroatoms. The van der Waals surface area contributed by atoms with E-state index in [2.05, 4.69) is 40.1 Å². The molecule has 27 heavy (non-hydrogen) atoms. The number of aliphatic carboxylic acids is 1. The molecule has 5 nitrogen and oxygen atoms in total. The molecular formula is C22H32N2O3. The van der Waals surface area contributed by atoms with Crippen LogP contribution in [0.15, 0.2) is 30.3 Å². The lowest BCUT2D eigenvalue weighted by Crippen LogP contribution is -2.59. The molecule has 148 valence electrons. The molecule has 2 atom stereocenters. The Balaban J connectivity index is 1.35. The van der Waals surface area contributed by atoms with E-state index in [1.54, 1.807) is 0 Å². The molecule has 0 amide bonds. The van der Waals surface area contributed by atoms with Crippen molar-refractivity contribution in [2.45, 2.75) is 57.2 Å². The lowest BCUT2D eigenvalue weighted by atomic mass is 9.72. The van der Waals surface area contributed by atoms with Gasteiger partial charge in [0.05, 0.1) is 6.10 Å². The van der Waals surface area contributed by atoms with Gasteiger partial charge in [-0.2, -0.15) is 0 Å². The van der Waals surface area contributed by atoms with Gasteiger partial charge in [0.2, 0.25) is 0 Å². The predicted molar refractivity (Wildman–Crippen MR) is 104 cm³/mol. The van der Waals surface area contributed by atoms with Crippen molar-refractivity contribution in [1.29, 1.82) is 0 Å². The van der Waals surface area contributed by atoms with Gasteiger partial charge in [-0.1, -0.05) is 43.2 Å². The topological polar surface area (TPSA) is 64.0 Å². The van der Waals surface area contributed by atoms with E-state index in [1.165, 1.54) is 5.56 Å². The van der Waals surface area contributed by atoms with E-state index in [0.717, 1.165) is 51.9 Å². The number of aliphatic hydroxyl groups excluding tert-OH is 1. The number of piperidine rings is 2. The minimum absolute atomic E-state index is 0.447. The van der Waals surface area contributed by atoms with Gasteiger partial charge in [0.25, 0.3) is 0 Å². The highest BCUT2D eigenvalue weighted by atomic mass is 16.4. The Morgan fingerprint density at radius 2 is 1.74 bits per heavy atom. The largest absolute Gasteiger partial charge is 0.481 e. The van der Waals surface area contributed by atoms with Gasteiger partial charge in [0.1, 0.15) is 5.41 Å². The van der Waals surface area contributed by atoms with Gasteiger partial charge in [-0.15, -0.1) is 0 Å². The molecule has 1 saturated carbocycles. The Kier molecular flexibility index (Phi) is 5.53. The quantitative estimate of drug-likeness (QED) is 0.804. The molecule has 0 unspecified atom stereocenters. The number of carboxylic acid groups (broad SMARTS) is 1. The van der Waals surface area contributed by atoms with Crippen molar-refractivity contribution in [2.24, 2.45) is 11.3 Å². The summed E-state index contributed by atoms with van der Waals surface area (Å²) in [6.07, 6.45) is 4.95. The fraction of sp³-hybridized carbons (Fsp3) is 0.682. The molecule has 1 aromatic rings. The van der Waals surface area contributed by atoms with E-state index in [4.69, 9.17) is 0 Å². The van der Waals surface area contributed by atoms with Crippen molar-refractivity contribution in [1.82, 2.24) is 9.80 Å². The van der Waals surface area contributed by atoms with Crippen molar-refractivity contribution >= 4 is 5.97 Å². The van der Waals surface area contributed by atoms with Crippen LogP contribution < -0.4 is 0 Å². The van der Waals surface area contributed by atoms with E-state index in [-0.39, 0.29) is 0 Å². The van der Waals surface area contributed by atoms with E-state index >= 15 is 0 Å². The van der Waals surface area contributed by atoms with E-state index in [9.17, 15) is 15.0 Å². The Labute approximate surface area is 162 Å². The highest BCUT2D eigenvalue weighted by molar-refractivity contribution is 5.76. The Morgan fingerprint density at radius 1 is 1.04 bits per heavy atom. The first-order valence-corrected chi connectivity index (χ1v) is 10.5. The first-order chi connectivity index (χ1) is 13.1. The second-order valence-electron chi connectivity index (χ2n) is 8.88. The third-order valence-electron chi connectivity index (χ3n) is 6.91. The minimum Gasteiger partial charge on any atom is -0.481 e. The average Bonchev–Trinajstić information content (AvgIpc) is 3.49. The van der Waals surface area contributed by atoms with Crippen LogP contribution in [0.5, 0.6) is 0 Å². The number of hydrogen-bond donors (Lipinski definition) is 2. The molecule has 2 saturated heterocycles. The molecule has 4 rings (SSSR count). The lowest BCUT2D eigenvalue weighted by molar-refractivity contribution is -0.166. The fourth-order valence-corrected chi connectivity index (χ4v) is 5.04. The van der Waals surface area contributed by atoms with Crippen LogP contribution in [0.4, 0.5) is 0 Å². The third-order valence-corrected chi connectivity index (χ3v) is 6.91. The molecule has 0 aromatic heterocycles. The summed E-state index contributed by atoms with van der Waals surface area (Å²) in [5, 5.41) is 20.5. The van der Waals surface area contributed by atoms with E-state index in [0.29, 0.717) is 31.3 Å². The maximum atomic E-state index is 12.1. The standard InChI is InChI=1S/C22H32N2O3/c25-20-10-13-24(16-22(20,21(26)27)14-17-6-7-17)19-8-11-23(12-9-19)15-18-4-2-1-3-5-18/h1-5,17,19-20,25H,6-16H2,(H,26,27)/t20-,22-/m1/s1. The van der Waals surface area contributed by atoms with Crippen LogP contribution in [-0.4, -0.2) is 64.3 Å². The van der Waals surface area contributed by atoms with Gasteiger partial charge < -0.3 is 10.2 Å². The van der Waals surface area contributed by atoms with Crippen molar-refractivity contribution in [3.8, 4) is 0 Å². The minimum atomic E-state index is -0.958. The van der Waals surface area contributed by atoms with Crippen LogP contribution in [-0.2, 0) is 11.3 Å². The highest BCUT2D eigenvalue weighted by Crippen LogP contribution is 2.45. The maximum Gasteiger partial charge on any atom is 0.313 e. The number of carbonyl (C=O) groups is 1. The second kappa shape index (κ2) is 7.90. The molecule has 2 heterocycles. The number of carboxylic acids is 1. The van der Waals surface area contributed by atoms with Crippen molar-refractivity contribution in [3.63, 3.8) is 0 Å². The molecule has 2 N–H and O–H groups in total. The molecule has 0 spiro atoms. The Morgan fingerprint density at radius 3 is 2.37 bits per heavy atom. The van der Waals surface area contributed by atoms with E-state index in [1.807, 2.05) is 0 Å². The summed E-state index contributed by atoms with van der Waals surface area (Å²) in [5.74, 6) is -0.295. The van der Waals surface area contributed by atoms with Crippen LogP contribution in [0.1, 0.15) is 44.1 Å². The summed E-state index contributed by atoms with van der Waals surface area (Å²) in [6, 6.07) is 11.0. The van der Waals surface area contributed by atoms with Crippen LogP contribution in [0, 0.1) is 11.3 Å². The predicted octanol–water partition coefficient (Wildman–Crippen LogP) is 2.59. The molecule has 0 radical (unpaired) electrons. The SMILES string of the molecule is O=C(O)[C@]1(CC2CC2)CN(C2CCN(Cc3ccccc3)CC2)CC[C@H]1O. The summed E-state index contributed by atoms with van der Waals surface area (Å²) in [5.41, 5.74) is 0.395. The average molecular weight is 373 g/mol. The lowest BCUT2D eigenvalue weighted by Gasteiger charge is -2.48. The van der Waals surface area contributed by atoms with Gasteiger partial charge in [-0.3, -0.25) is 14.6 Å². The molecule has 3 aliphatic rings. The van der Waals surface area contributed by atoms with Crippen LogP contribution in [0.2, 0.25) is 0 Å². The number of likely N-dealkylation sites (tertiary alicyclic amines) is 2. The smallest absolute Gasteiger partial charge is 0.313 e. The zero-order valence-corrected chi connectivity index (χ0v) is 16.1. The molecule has 1 aliphatic carbocycles. The summed E-state index contributed by atoms with van der Waals surface area (Å²) in [7, 11) is 0. The number of benzene rings is 1. The summed E-state index contributed by atoms with van der Waals surface area (Å²) >= 11 is 0. The number of aliphatic hydroxyl groups is 1. The molecule has 0 bridgehead atoms. The number of nitrogens with zero attached hydrogens (tertiary/aromatic N) is 2. The number of hydrogen-bond acceptors (Lipinski definition) is 4. The van der Waals surface area contributed by atoms with Gasteiger partial charge in [-0.05, 0) is 50.3 Å². The Bertz CT molecular complexity index is 640. The number of rotatable bonds is 6. The summed E-state index contributed by atoms with van der Waals surface area (Å²) < 4.78 is 0. The summed E-state index contributed by atoms with van der Waals surface area (Å²) in [6.45, 7) is 4.45. The third kappa shape index (κ3) is 4.20. The zero-order valence-electron chi connectivity index (χ0n) is 16.1. The highest BCUT2D eigenvalue weighted by Gasteiger charge is 2.52. The van der Waals surface area contributed by atoms with Gasteiger partial charge in [-0.25, -0.2) is 0 Å². The second-order valence-corrected chi connectivity index (χ2v) is 8.88. The van der Waals surface area contributed by atoms with Crippen LogP contribution in [0.25, 0.3) is 0 Å². The fourth-order valence-electron chi connectivity index (χ4n) is 5.04. The first-order valence-electron chi connectivity index (χ1n) is 10.5. The van der Waals surface area contributed by atoms with Crippen LogP contribution in [0.3, 0.4) is 0 Å². The molecule has 1 aromatic carbocycles. The maximum absolute atomic E-state index is 12.1. The Hall–Kier alpha value is -1.43. The van der Waals surface area contributed by atoms with E-state index < -0.39 is 17.5 Å². The van der Waals surface area contributed by atoms with Gasteiger partial charge in [0.15, 0.2) is 0 Å². The first kappa shape index (κ1) is 18.9. The van der Waals surface area contributed by atoms with Crippen molar-refractivity contribution < 1.29 is 15.0 Å².